The number of alkyl halides is 3. The Morgan fingerprint density at radius 2 is 2.00 bits per heavy atom. The van der Waals surface area contributed by atoms with Crippen molar-refractivity contribution in [2.75, 3.05) is 20.6 Å². The van der Waals surface area contributed by atoms with Gasteiger partial charge in [-0.25, -0.2) is 0 Å². The highest BCUT2D eigenvalue weighted by Gasteiger charge is 2.67. The van der Waals surface area contributed by atoms with E-state index < -0.39 is 17.5 Å². The van der Waals surface area contributed by atoms with Crippen molar-refractivity contribution in [3.63, 3.8) is 0 Å². The van der Waals surface area contributed by atoms with Crippen molar-refractivity contribution in [1.82, 2.24) is 25.4 Å². The Kier molecular flexibility index (Phi) is 6.66. The first kappa shape index (κ1) is 24.2. The summed E-state index contributed by atoms with van der Waals surface area (Å²) >= 11 is 0. The smallest absolute Gasteiger partial charge is 0.355 e. The molecule has 1 amide bonds. The van der Waals surface area contributed by atoms with Crippen LogP contribution >= 0.6 is 0 Å². The number of H-pyrrole nitrogens is 1. The van der Waals surface area contributed by atoms with Gasteiger partial charge in [0.15, 0.2) is 0 Å². The number of pyridine rings is 1. The van der Waals surface area contributed by atoms with Crippen molar-refractivity contribution in [3.8, 4) is 0 Å². The van der Waals surface area contributed by atoms with Gasteiger partial charge in [0.25, 0.3) is 0 Å². The molecule has 3 aromatic rings. The number of nitrogens with one attached hydrogen (secondary N) is 2. The highest BCUT2D eigenvalue weighted by atomic mass is 19.4. The molecule has 2 atom stereocenters. The van der Waals surface area contributed by atoms with Crippen molar-refractivity contribution in [3.05, 3.63) is 59.5 Å². The molecule has 4 rings (SSSR count). The zero-order chi connectivity index (χ0) is 24.5. The monoisotopic (exact) mass is 473 g/mol. The van der Waals surface area contributed by atoms with Crippen LogP contribution in [-0.2, 0) is 11.2 Å². The van der Waals surface area contributed by atoms with Gasteiger partial charge in [-0.1, -0.05) is 12.1 Å². The van der Waals surface area contributed by atoms with Crippen molar-refractivity contribution in [1.29, 1.82) is 0 Å². The zero-order valence-electron chi connectivity index (χ0n) is 19.6. The van der Waals surface area contributed by atoms with E-state index in [1.165, 1.54) is 12.4 Å². The van der Waals surface area contributed by atoms with Crippen LogP contribution in [0.15, 0.2) is 42.9 Å². The number of fused-ring (bicyclic) bond motifs is 1. The van der Waals surface area contributed by atoms with E-state index in [1.807, 2.05) is 38.1 Å². The summed E-state index contributed by atoms with van der Waals surface area (Å²) in [5.41, 5.74) is 1.86. The zero-order valence-corrected chi connectivity index (χ0v) is 19.6. The van der Waals surface area contributed by atoms with E-state index in [1.54, 1.807) is 18.3 Å². The highest BCUT2D eigenvalue weighted by Crippen LogP contribution is 2.66. The number of hydrogen-bond donors (Lipinski definition) is 2. The molecule has 2 aromatic heterocycles. The van der Waals surface area contributed by atoms with E-state index in [4.69, 9.17) is 0 Å². The van der Waals surface area contributed by atoms with Crippen LogP contribution in [-0.4, -0.2) is 58.8 Å². The molecule has 9 heteroatoms. The fourth-order valence-electron chi connectivity index (χ4n) is 4.78. The van der Waals surface area contributed by atoms with Crippen molar-refractivity contribution in [2.45, 2.75) is 50.7 Å². The molecule has 2 N–H and O–H groups in total. The predicted octanol–water partition coefficient (Wildman–Crippen LogP) is 4.37. The van der Waals surface area contributed by atoms with Gasteiger partial charge in [0.2, 0.25) is 5.91 Å². The lowest BCUT2D eigenvalue weighted by atomic mass is 9.80. The van der Waals surface area contributed by atoms with E-state index in [9.17, 15) is 18.0 Å². The summed E-state index contributed by atoms with van der Waals surface area (Å²) in [5.74, 6) is -1.32. The first-order valence-corrected chi connectivity index (χ1v) is 11.4. The van der Waals surface area contributed by atoms with Crippen molar-refractivity contribution in [2.24, 2.45) is 5.41 Å². The number of likely N-dealkylation sites (N-methyl/N-ethyl adjacent to an activating group) is 1. The summed E-state index contributed by atoms with van der Waals surface area (Å²) in [6.45, 7) is 2.39. The maximum absolute atomic E-state index is 13.9. The predicted molar refractivity (Wildman–Crippen MR) is 124 cm³/mol. The van der Waals surface area contributed by atoms with Crippen molar-refractivity contribution >= 4 is 16.8 Å². The molecule has 0 bridgehead atoms. The number of carbonyl (C=O) groups excluding carboxylic acids is 1. The molecular formula is C25H30F3N5O. The van der Waals surface area contributed by atoms with E-state index >= 15 is 0 Å². The van der Waals surface area contributed by atoms with Gasteiger partial charge in [0.1, 0.15) is 0 Å². The van der Waals surface area contributed by atoms with Gasteiger partial charge < -0.3 is 10.2 Å². The van der Waals surface area contributed by atoms with Crippen LogP contribution in [0.1, 0.15) is 41.9 Å². The Morgan fingerprint density at radius 1 is 1.24 bits per heavy atom. The molecule has 0 aliphatic heterocycles. The third-order valence-corrected chi connectivity index (χ3v) is 7.22. The van der Waals surface area contributed by atoms with Crippen LogP contribution in [0.5, 0.6) is 0 Å². The molecule has 0 spiro atoms. The number of nitrogens with zero attached hydrogens (tertiary/aromatic N) is 3. The summed E-state index contributed by atoms with van der Waals surface area (Å²) in [6, 6.07) is 7.27. The average Bonchev–Trinajstić information content (AvgIpc) is 3.47. The van der Waals surface area contributed by atoms with Gasteiger partial charge in [-0.15, -0.1) is 0 Å². The molecule has 1 saturated carbocycles. The second-order valence-electron chi connectivity index (χ2n) is 9.50. The Balaban J connectivity index is 1.45. The lowest BCUT2D eigenvalue weighted by molar-refractivity contribution is -0.194. The van der Waals surface area contributed by atoms with Crippen LogP contribution < -0.4 is 5.32 Å². The lowest BCUT2D eigenvalue weighted by Gasteiger charge is -2.30. The van der Waals surface area contributed by atoms with E-state index in [-0.39, 0.29) is 31.2 Å². The number of aromatic nitrogens is 3. The van der Waals surface area contributed by atoms with Gasteiger partial charge in [-0.05, 0) is 69.1 Å². The fraction of sp³-hybridized carbons (Fsp3) is 0.480. The van der Waals surface area contributed by atoms with Gasteiger partial charge in [-0.2, -0.15) is 18.3 Å². The topological polar surface area (TPSA) is 73.9 Å². The number of aryl methyl sites for hydroxylation is 1. The average molecular weight is 474 g/mol. The highest BCUT2D eigenvalue weighted by molar-refractivity contribution is 5.82. The maximum Gasteiger partial charge on any atom is 0.395 e. The summed E-state index contributed by atoms with van der Waals surface area (Å²) < 4.78 is 41.7. The van der Waals surface area contributed by atoms with E-state index in [0.29, 0.717) is 18.5 Å². The van der Waals surface area contributed by atoms with Gasteiger partial charge >= 0.3 is 6.18 Å². The molecule has 0 radical (unpaired) electrons. The number of amides is 1. The molecule has 34 heavy (non-hydrogen) atoms. The number of benzene rings is 1. The summed E-state index contributed by atoms with van der Waals surface area (Å²) in [7, 11) is 3.87. The number of aromatic amines is 1. The Bertz CT molecular complexity index is 1140. The normalized spacial score (nSPS) is 17.0. The van der Waals surface area contributed by atoms with Gasteiger partial charge in [0.05, 0.1) is 17.1 Å². The molecule has 6 nitrogen and oxygen atoms in total. The van der Waals surface area contributed by atoms with Crippen LogP contribution in [0.3, 0.4) is 0 Å². The Labute approximate surface area is 196 Å². The lowest BCUT2D eigenvalue weighted by Crippen LogP contribution is -2.43. The number of halogens is 3. The summed E-state index contributed by atoms with van der Waals surface area (Å²) in [4.78, 5) is 18.9. The Morgan fingerprint density at radius 3 is 2.62 bits per heavy atom. The molecule has 1 aliphatic carbocycles. The largest absolute Gasteiger partial charge is 0.395 e. The quantitative estimate of drug-likeness (QED) is 0.484. The minimum Gasteiger partial charge on any atom is -0.355 e. The van der Waals surface area contributed by atoms with Gasteiger partial charge in [0, 0.05) is 42.7 Å². The molecule has 182 valence electrons. The number of carbonyl (C=O) groups is 1. The third kappa shape index (κ3) is 4.80. The molecule has 1 aromatic carbocycles. The molecule has 1 aliphatic rings. The van der Waals surface area contributed by atoms with Crippen LogP contribution in [0.25, 0.3) is 10.9 Å². The third-order valence-electron chi connectivity index (χ3n) is 7.22. The SMILES string of the molecule is Cc1c(C[C@@H](CNC(=O)C[C@@H](c2cccnc2)C2(C(F)(F)F)CC2)N(C)C)ccc2[nH]ncc12. The van der Waals surface area contributed by atoms with Crippen molar-refractivity contribution < 1.29 is 18.0 Å². The van der Waals surface area contributed by atoms with Crippen LogP contribution in [0.2, 0.25) is 0 Å². The van der Waals surface area contributed by atoms with Gasteiger partial charge in [-0.3, -0.25) is 14.9 Å². The first-order chi connectivity index (χ1) is 16.1. The standard InChI is InChI=1S/C25H30F3N5O/c1-16-17(6-7-22-20(16)15-31-32-22)11-19(33(2)3)14-30-23(34)12-21(18-5-4-10-29-13-18)24(8-9-24)25(26,27)28/h4-7,10,13,15,19,21H,8-9,11-12,14H2,1-3H3,(H,30,34)(H,31,32)/t19-,21-/m0/s1. The second-order valence-corrected chi connectivity index (χ2v) is 9.50. The Hall–Kier alpha value is -2.94. The number of rotatable bonds is 9. The molecule has 0 unspecified atom stereocenters. The first-order valence-electron chi connectivity index (χ1n) is 11.4. The van der Waals surface area contributed by atoms with Crippen LogP contribution in [0.4, 0.5) is 13.2 Å². The molecule has 2 heterocycles. The van der Waals surface area contributed by atoms with Crippen LogP contribution in [0, 0.1) is 12.3 Å². The summed E-state index contributed by atoms with van der Waals surface area (Å²) in [6.07, 6.45) is 0.971. The summed E-state index contributed by atoms with van der Waals surface area (Å²) in [5, 5.41) is 11.0. The molecular weight excluding hydrogens is 443 g/mol. The molecule has 0 saturated heterocycles. The van der Waals surface area contributed by atoms with E-state index in [0.717, 1.165) is 22.0 Å². The minimum atomic E-state index is -4.36. The van der Waals surface area contributed by atoms with E-state index in [2.05, 4.69) is 20.5 Å². The fourth-order valence-corrected chi connectivity index (χ4v) is 4.78. The maximum atomic E-state index is 13.9. The minimum absolute atomic E-state index is 0.0126. The second kappa shape index (κ2) is 9.37. The molecule has 1 fully saturated rings. The number of hydrogen-bond acceptors (Lipinski definition) is 4.